The van der Waals surface area contributed by atoms with E-state index in [0.717, 1.165) is 57.0 Å². The molecule has 0 bridgehead atoms. The number of carbonyl (C=O) groups excluding carboxylic acids is 1. The Kier molecular flexibility index (Phi) is 7.75. The number of benzene rings is 2. The molecule has 0 saturated carbocycles. The third-order valence-electron chi connectivity index (χ3n) is 5.85. The van der Waals surface area contributed by atoms with Crippen LogP contribution in [0.3, 0.4) is 0 Å². The number of hydrogen-bond donors (Lipinski definition) is 0. The first-order chi connectivity index (χ1) is 14.5. The summed E-state index contributed by atoms with van der Waals surface area (Å²) in [4.78, 5) is 19.8. The van der Waals surface area contributed by atoms with Crippen LogP contribution >= 0.6 is 0 Å². The first-order valence-corrected chi connectivity index (χ1v) is 11.0. The Labute approximate surface area is 181 Å². The van der Waals surface area contributed by atoms with E-state index in [1.54, 1.807) is 7.11 Å². The minimum Gasteiger partial charge on any atom is -0.497 e. The molecule has 1 aliphatic rings. The third kappa shape index (κ3) is 5.54. The van der Waals surface area contributed by atoms with Gasteiger partial charge in [0, 0.05) is 56.6 Å². The Morgan fingerprint density at radius 3 is 2.30 bits per heavy atom. The molecule has 0 aromatic heterocycles. The van der Waals surface area contributed by atoms with Gasteiger partial charge in [-0.05, 0) is 69.2 Å². The Bertz CT molecular complexity index is 802. The zero-order chi connectivity index (χ0) is 21.5. The second-order valence-electron chi connectivity index (χ2n) is 8.20. The van der Waals surface area contributed by atoms with Crippen LogP contribution in [0.1, 0.15) is 43.1 Å². The van der Waals surface area contributed by atoms with Gasteiger partial charge >= 0.3 is 0 Å². The zero-order valence-corrected chi connectivity index (χ0v) is 18.8. The Morgan fingerprint density at radius 1 is 1.00 bits per heavy atom. The number of anilines is 1. The summed E-state index contributed by atoms with van der Waals surface area (Å²) >= 11 is 0. The molecule has 1 heterocycles. The van der Waals surface area contributed by atoms with Gasteiger partial charge < -0.3 is 14.5 Å². The summed E-state index contributed by atoms with van der Waals surface area (Å²) in [5, 5.41) is 0. The summed E-state index contributed by atoms with van der Waals surface area (Å²) in [5.41, 5.74) is 3.23. The van der Waals surface area contributed by atoms with Crippen LogP contribution in [-0.4, -0.2) is 61.6 Å². The third-order valence-corrected chi connectivity index (χ3v) is 5.85. The molecule has 5 nitrogen and oxygen atoms in total. The molecule has 5 heteroatoms. The lowest BCUT2D eigenvalue weighted by Gasteiger charge is -2.28. The molecule has 1 aliphatic heterocycles. The molecule has 1 amide bonds. The fourth-order valence-electron chi connectivity index (χ4n) is 4.15. The van der Waals surface area contributed by atoms with E-state index in [4.69, 9.17) is 4.74 Å². The number of nitrogens with zero attached hydrogens (tertiary/aromatic N) is 3. The zero-order valence-electron chi connectivity index (χ0n) is 18.8. The van der Waals surface area contributed by atoms with Gasteiger partial charge in [0.15, 0.2) is 0 Å². The molecule has 0 aliphatic carbocycles. The number of hydrogen-bond acceptors (Lipinski definition) is 4. The number of carbonyl (C=O) groups is 1. The molecule has 2 aromatic rings. The lowest BCUT2D eigenvalue weighted by Crippen LogP contribution is -2.35. The molecule has 0 spiro atoms. The number of rotatable bonds is 7. The van der Waals surface area contributed by atoms with Gasteiger partial charge in [0.2, 0.25) is 0 Å². The average Bonchev–Trinajstić information content (AvgIpc) is 3.00. The largest absolute Gasteiger partial charge is 0.497 e. The highest BCUT2D eigenvalue weighted by molar-refractivity contribution is 5.94. The number of methoxy groups -OCH3 is 1. The molecule has 2 aromatic carbocycles. The lowest BCUT2D eigenvalue weighted by atomic mass is 10.1. The maximum absolute atomic E-state index is 13.1. The van der Waals surface area contributed by atoms with Crippen molar-refractivity contribution >= 4 is 11.6 Å². The van der Waals surface area contributed by atoms with Gasteiger partial charge in [0.1, 0.15) is 5.75 Å². The van der Waals surface area contributed by atoms with Gasteiger partial charge in [0.25, 0.3) is 5.91 Å². The molecular formula is C25H35N3O2. The van der Waals surface area contributed by atoms with Crippen molar-refractivity contribution in [2.75, 3.05) is 44.7 Å². The van der Waals surface area contributed by atoms with Crippen LogP contribution in [0, 0.1) is 0 Å². The highest BCUT2D eigenvalue weighted by Crippen LogP contribution is 2.19. The van der Waals surface area contributed by atoms with Crippen LogP contribution in [0.4, 0.5) is 5.69 Å². The molecule has 30 heavy (non-hydrogen) atoms. The lowest BCUT2D eigenvalue weighted by molar-refractivity contribution is 0.0761. The maximum atomic E-state index is 13.1. The first kappa shape index (κ1) is 22.2. The Morgan fingerprint density at radius 2 is 1.70 bits per heavy atom. The topological polar surface area (TPSA) is 36.0 Å². The average molecular weight is 410 g/mol. The second-order valence-corrected chi connectivity index (χ2v) is 8.20. The second kappa shape index (κ2) is 10.5. The molecule has 162 valence electrons. The maximum Gasteiger partial charge on any atom is 0.253 e. The molecule has 0 radical (unpaired) electrons. The van der Waals surface area contributed by atoms with E-state index in [2.05, 4.69) is 54.8 Å². The molecular weight excluding hydrogens is 374 g/mol. The van der Waals surface area contributed by atoms with Crippen LogP contribution in [0.25, 0.3) is 0 Å². The first-order valence-electron chi connectivity index (χ1n) is 11.0. The smallest absolute Gasteiger partial charge is 0.253 e. The standard InChI is InChI=1S/C25H35N3O2/c1-5-28(20(2)3)23-11-9-22(10-12-23)25(29)27-16-6-15-26(17-18-27)19-21-7-13-24(30-4)14-8-21/h7-14,20H,5-6,15-19H2,1-4H3. The highest BCUT2D eigenvalue weighted by atomic mass is 16.5. The van der Waals surface area contributed by atoms with Crippen molar-refractivity contribution in [1.82, 2.24) is 9.80 Å². The van der Waals surface area contributed by atoms with E-state index >= 15 is 0 Å². The molecule has 1 fully saturated rings. The summed E-state index contributed by atoms with van der Waals surface area (Å²) in [6.07, 6.45) is 0.997. The van der Waals surface area contributed by atoms with Gasteiger partial charge in [-0.15, -0.1) is 0 Å². The SMILES string of the molecule is CCN(c1ccc(C(=O)N2CCCN(Cc3ccc(OC)cc3)CC2)cc1)C(C)C. The van der Waals surface area contributed by atoms with Crippen molar-refractivity contribution in [3.05, 3.63) is 59.7 Å². The van der Waals surface area contributed by atoms with Crippen molar-refractivity contribution < 1.29 is 9.53 Å². The fraction of sp³-hybridized carbons (Fsp3) is 0.480. The summed E-state index contributed by atoms with van der Waals surface area (Å²) in [5.74, 6) is 1.02. The quantitative estimate of drug-likeness (QED) is 0.684. The van der Waals surface area contributed by atoms with Crippen molar-refractivity contribution in [3.63, 3.8) is 0 Å². The van der Waals surface area contributed by atoms with E-state index in [1.165, 1.54) is 11.3 Å². The van der Waals surface area contributed by atoms with Crippen molar-refractivity contribution in [2.24, 2.45) is 0 Å². The van der Waals surface area contributed by atoms with E-state index in [-0.39, 0.29) is 5.91 Å². The number of ether oxygens (including phenoxy) is 1. The molecule has 1 saturated heterocycles. The fourth-order valence-corrected chi connectivity index (χ4v) is 4.15. The van der Waals surface area contributed by atoms with Gasteiger partial charge in [-0.3, -0.25) is 9.69 Å². The molecule has 3 rings (SSSR count). The summed E-state index contributed by atoms with van der Waals surface area (Å²) in [7, 11) is 1.69. The predicted octanol–water partition coefficient (Wildman–Crippen LogP) is 4.28. The Hall–Kier alpha value is -2.53. The molecule has 0 unspecified atom stereocenters. The molecule has 0 atom stereocenters. The van der Waals surface area contributed by atoms with Crippen LogP contribution < -0.4 is 9.64 Å². The van der Waals surface area contributed by atoms with E-state index in [9.17, 15) is 4.79 Å². The van der Waals surface area contributed by atoms with E-state index < -0.39 is 0 Å². The molecule has 0 N–H and O–H groups in total. The summed E-state index contributed by atoms with van der Waals surface area (Å²) in [6.45, 7) is 11.9. The van der Waals surface area contributed by atoms with Gasteiger partial charge in [-0.1, -0.05) is 12.1 Å². The van der Waals surface area contributed by atoms with E-state index in [1.807, 2.05) is 29.2 Å². The van der Waals surface area contributed by atoms with Crippen LogP contribution in [0.15, 0.2) is 48.5 Å². The van der Waals surface area contributed by atoms with Gasteiger partial charge in [-0.2, -0.15) is 0 Å². The van der Waals surface area contributed by atoms with Crippen LogP contribution in [0.2, 0.25) is 0 Å². The summed E-state index contributed by atoms with van der Waals surface area (Å²) < 4.78 is 5.24. The van der Waals surface area contributed by atoms with Crippen molar-refractivity contribution in [1.29, 1.82) is 0 Å². The van der Waals surface area contributed by atoms with Crippen LogP contribution in [-0.2, 0) is 6.54 Å². The minimum atomic E-state index is 0.139. The predicted molar refractivity (Wildman–Crippen MR) is 123 cm³/mol. The van der Waals surface area contributed by atoms with E-state index in [0.29, 0.717) is 6.04 Å². The number of amides is 1. The Balaban J connectivity index is 1.58. The van der Waals surface area contributed by atoms with Crippen molar-refractivity contribution in [2.45, 2.75) is 39.8 Å². The monoisotopic (exact) mass is 409 g/mol. The minimum absolute atomic E-state index is 0.139. The van der Waals surface area contributed by atoms with Gasteiger partial charge in [-0.25, -0.2) is 0 Å². The van der Waals surface area contributed by atoms with Crippen molar-refractivity contribution in [3.8, 4) is 5.75 Å². The normalized spacial score (nSPS) is 15.2. The van der Waals surface area contributed by atoms with Gasteiger partial charge in [0.05, 0.1) is 7.11 Å². The van der Waals surface area contributed by atoms with Crippen LogP contribution in [0.5, 0.6) is 5.75 Å². The highest BCUT2D eigenvalue weighted by Gasteiger charge is 2.21. The summed E-state index contributed by atoms with van der Waals surface area (Å²) in [6, 6.07) is 16.8.